The van der Waals surface area contributed by atoms with Crippen molar-refractivity contribution in [2.24, 2.45) is 19.8 Å². The minimum absolute atomic E-state index is 0.202. The lowest BCUT2D eigenvalue weighted by molar-refractivity contribution is -0.122. The highest BCUT2D eigenvalue weighted by molar-refractivity contribution is 5.82. The topological polar surface area (TPSA) is 77.9 Å². The summed E-state index contributed by atoms with van der Waals surface area (Å²) in [6, 6.07) is 3.32. The molecule has 1 unspecified atom stereocenters. The third kappa shape index (κ3) is 2.85. The molecule has 0 bridgehead atoms. The second-order valence-corrected chi connectivity index (χ2v) is 4.67. The van der Waals surface area contributed by atoms with Crippen molar-refractivity contribution in [1.29, 1.82) is 0 Å². The van der Waals surface area contributed by atoms with Crippen LogP contribution in [0.2, 0.25) is 0 Å². The van der Waals surface area contributed by atoms with E-state index in [4.69, 9.17) is 5.73 Å². The zero-order valence-electron chi connectivity index (χ0n) is 11.4. The number of hydrogen-bond acceptors (Lipinski definition) is 3. The number of nitrogens with zero attached hydrogens (tertiary/aromatic N) is 3. The fourth-order valence-electron chi connectivity index (χ4n) is 1.88. The van der Waals surface area contributed by atoms with E-state index in [9.17, 15) is 4.79 Å². The Morgan fingerprint density at radius 3 is 2.74 bits per heavy atom. The first-order chi connectivity index (χ1) is 8.99. The van der Waals surface area contributed by atoms with Crippen molar-refractivity contribution in [3.8, 4) is 0 Å². The number of nitrogens with two attached hydrogens (primary N) is 1. The third-order valence-corrected chi connectivity index (χ3v) is 3.29. The minimum atomic E-state index is -0.685. The van der Waals surface area contributed by atoms with E-state index in [1.807, 2.05) is 30.7 Å². The fourth-order valence-corrected chi connectivity index (χ4v) is 1.88. The molecule has 2 rings (SSSR count). The minimum Gasteiger partial charge on any atom is -0.350 e. The van der Waals surface area contributed by atoms with E-state index in [1.165, 1.54) is 0 Å². The van der Waals surface area contributed by atoms with Gasteiger partial charge in [-0.25, -0.2) is 0 Å². The lowest BCUT2D eigenvalue weighted by Crippen LogP contribution is -2.34. The first-order valence-electron chi connectivity index (χ1n) is 6.12. The Balaban J connectivity index is 1.96. The number of hydrogen-bond donors (Lipinski definition) is 2. The maximum Gasteiger partial charge on any atom is 0.241 e. The van der Waals surface area contributed by atoms with Crippen molar-refractivity contribution < 1.29 is 4.79 Å². The van der Waals surface area contributed by atoms with Crippen LogP contribution in [0.25, 0.3) is 0 Å². The van der Waals surface area contributed by atoms with Crippen LogP contribution in [0, 0.1) is 6.92 Å². The molecular formula is C13H19N5O. The van der Waals surface area contributed by atoms with Gasteiger partial charge in [0, 0.05) is 37.2 Å². The second kappa shape index (κ2) is 5.27. The average molecular weight is 261 g/mol. The Morgan fingerprint density at radius 1 is 1.47 bits per heavy atom. The SMILES string of the molecule is Cc1ccc(CNC(=O)C(N)c2cnn(C)c2)n1C. The quantitative estimate of drug-likeness (QED) is 0.835. The predicted octanol–water partition coefficient (Wildman–Crippen LogP) is 0.383. The summed E-state index contributed by atoms with van der Waals surface area (Å²) in [5.74, 6) is -0.202. The molecule has 102 valence electrons. The van der Waals surface area contributed by atoms with E-state index in [-0.39, 0.29) is 5.91 Å². The van der Waals surface area contributed by atoms with Crippen molar-refractivity contribution in [3.05, 3.63) is 41.5 Å². The van der Waals surface area contributed by atoms with Crippen molar-refractivity contribution in [1.82, 2.24) is 19.7 Å². The Morgan fingerprint density at radius 2 is 2.21 bits per heavy atom. The lowest BCUT2D eigenvalue weighted by atomic mass is 10.1. The average Bonchev–Trinajstić information content (AvgIpc) is 2.95. The molecule has 0 saturated carbocycles. The maximum atomic E-state index is 12.0. The third-order valence-electron chi connectivity index (χ3n) is 3.29. The van der Waals surface area contributed by atoms with Crippen LogP contribution in [-0.2, 0) is 25.4 Å². The molecule has 0 aliphatic carbocycles. The summed E-state index contributed by atoms with van der Waals surface area (Å²) >= 11 is 0. The Labute approximate surface area is 112 Å². The van der Waals surface area contributed by atoms with Gasteiger partial charge in [-0.2, -0.15) is 5.10 Å². The van der Waals surface area contributed by atoms with E-state index in [2.05, 4.69) is 10.4 Å². The van der Waals surface area contributed by atoms with Gasteiger partial charge in [0.05, 0.1) is 12.7 Å². The van der Waals surface area contributed by atoms with Gasteiger partial charge in [0.25, 0.3) is 0 Å². The van der Waals surface area contributed by atoms with Crippen LogP contribution < -0.4 is 11.1 Å². The van der Waals surface area contributed by atoms with Gasteiger partial charge < -0.3 is 15.6 Å². The van der Waals surface area contributed by atoms with Gasteiger partial charge in [0.15, 0.2) is 0 Å². The normalized spacial score (nSPS) is 12.4. The summed E-state index contributed by atoms with van der Waals surface area (Å²) in [5, 5.41) is 6.85. The summed E-state index contributed by atoms with van der Waals surface area (Å²) < 4.78 is 3.67. The smallest absolute Gasteiger partial charge is 0.241 e. The van der Waals surface area contributed by atoms with Gasteiger partial charge in [-0.3, -0.25) is 9.48 Å². The molecule has 19 heavy (non-hydrogen) atoms. The number of rotatable bonds is 4. The van der Waals surface area contributed by atoms with Gasteiger partial charge in [-0.1, -0.05) is 0 Å². The number of carbonyl (C=O) groups is 1. The van der Waals surface area contributed by atoms with Crippen LogP contribution in [0.1, 0.15) is 23.0 Å². The highest BCUT2D eigenvalue weighted by Crippen LogP contribution is 2.09. The van der Waals surface area contributed by atoms with Crippen molar-refractivity contribution in [2.75, 3.05) is 0 Å². The van der Waals surface area contributed by atoms with Crippen LogP contribution in [0.5, 0.6) is 0 Å². The van der Waals surface area contributed by atoms with Gasteiger partial charge in [0.2, 0.25) is 5.91 Å². The molecule has 0 aliphatic rings. The number of carbonyl (C=O) groups excluding carboxylic acids is 1. The van der Waals surface area contributed by atoms with Crippen molar-refractivity contribution >= 4 is 5.91 Å². The lowest BCUT2D eigenvalue weighted by Gasteiger charge is -2.11. The summed E-state index contributed by atoms with van der Waals surface area (Å²) in [7, 11) is 3.76. The molecule has 2 aromatic rings. The molecule has 0 saturated heterocycles. The Kier molecular flexibility index (Phi) is 3.71. The van der Waals surface area contributed by atoms with Gasteiger partial charge >= 0.3 is 0 Å². The first kappa shape index (κ1) is 13.4. The Hall–Kier alpha value is -2.08. The van der Waals surface area contributed by atoms with Crippen LogP contribution in [0.4, 0.5) is 0 Å². The highest BCUT2D eigenvalue weighted by atomic mass is 16.2. The zero-order valence-corrected chi connectivity index (χ0v) is 11.4. The van der Waals surface area contributed by atoms with Crippen LogP contribution in [0.15, 0.2) is 24.5 Å². The highest BCUT2D eigenvalue weighted by Gasteiger charge is 2.17. The molecule has 0 aliphatic heterocycles. The van der Waals surface area contributed by atoms with Crippen molar-refractivity contribution in [3.63, 3.8) is 0 Å². The molecule has 1 amide bonds. The number of nitrogens with one attached hydrogen (secondary N) is 1. The monoisotopic (exact) mass is 261 g/mol. The molecule has 6 heteroatoms. The molecule has 0 radical (unpaired) electrons. The van der Waals surface area contributed by atoms with E-state index < -0.39 is 6.04 Å². The van der Waals surface area contributed by atoms with E-state index in [1.54, 1.807) is 24.1 Å². The van der Waals surface area contributed by atoms with Gasteiger partial charge in [-0.05, 0) is 19.1 Å². The summed E-state index contributed by atoms with van der Waals surface area (Å²) in [5.41, 5.74) is 8.80. The largest absolute Gasteiger partial charge is 0.350 e. The van der Waals surface area contributed by atoms with Crippen LogP contribution in [-0.4, -0.2) is 20.3 Å². The molecule has 2 heterocycles. The Bertz CT molecular complexity index is 584. The van der Waals surface area contributed by atoms with E-state index in [0.29, 0.717) is 12.1 Å². The molecule has 0 aromatic carbocycles. The molecule has 0 spiro atoms. The predicted molar refractivity (Wildman–Crippen MR) is 72.1 cm³/mol. The van der Waals surface area contributed by atoms with Crippen LogP contribution in [0.3, 0.4) is 0 Å². The molecule has 3 N–H and O–H groups in total. The zero-order chi connectivity index (χ0) is 14.0. The summed E-state index contributed by atoms with van der Waals surface area (Å²) in [4.78, 5) is 12.0. The standard InChI is InChI=1S/C13H19N5O/c1-9-4-5-11(18(9)3)7-15-13(19)12(14)10-6-16-17(2)8-10/h4-6,8,12H,7,14H2,1-3H3,(H,15,19). The van der Waals surface area contributed by atoms with E-state index >= 15 is 0 Å². The van der Waals surface area contributed by atoms with E-state index in [0.717, 1.165) is 11.4 Å². The van der Waals surface area contributed by atoms with Crippen molar-refractivity contribution in [2.45, 2.75) is 19.5 Å². The number of amides is 1. The maximum absolute atomic E-state index is 12.0. The van der Waals surface area contributed by atoms with Gasteiger partial charge in [-0.15, -0.1) is 0 Å². The molecule has 6 nitrogen and oxygen atoms in total. The second-order valence-electron chi connectivity index (χ2n) is 4.67. The number of aromatic nitrogens is 3. The number of aryl methyl sites for hydroxylation is 2. The summed E-state index contributed by atoms with van der Waals surface area (Å²) in [6.45, 7) is 2.49. The summed E-state index contributed by atoms with van der Waals surface area (Å²) in [6.07, 6.45) is 3.35. The molecule has 0 fully saturated rings. The molecule has 2 aromatic heterocycles. The fraction of sp³-hybridized carbons (Fsp3) is 0.385. The van der Waals surface area contributed by atoms with Gasteiger partial charge in [0.1, 0.15) is 6.04 Å². The first-order valence-corrected chi connectivity index (χ1v) is 6.12. The molecule has 1 atom stereocenters. The molecular weight excluding hydrogens is 242 g/mol. The van der Waals surface area contributed by atoms with Crippen LogP contribution >= 0.6 is 0 Å².